The van der Waals surface area contributed by atoms with Crippen molar-refractivity contribution in [1.29, 1.82) is 0 Å². The first-order chi connectivity index (χ1) is 10.7. The van der Waals surface area contributed by atoms with Crippen molar-refractivity contribution in [3.05, 3.63) is 47.8 Å². The van der Waals surface area contributed by atoms with E-state index in [9.17, 15) is 0 Å². The molecule has 1 aliphatic rings. The van der Waals surface area contributed by atoms with Gasteiger partial charge in [-0.15, -0.1) is 0 Å². The van der Waals surface area contributed by atoms with E-state index in [2.05, 4.69) is 24.2 Å². The molecule has 0 saturated heterocycles. The number of nitrogens with two attached hydrogens (primary N) is 1. The highest BCUT2D eigenvalue weighted by atomic mass is 15.1. The van der Waals surface area contributed by atoms with Crippen LogP contribution in [-0.2, 0) is 0 Å². The molecule has 4 nitrogen and oxygen atoms in total. The van der Waals surface area contributed by atoms with Crippen molar-refractivity contribution < 1.29 is 0 Å². The number of rotatable bonds is 2. The minimum atomic E-state index is 0.612. The third kappa shape index (κ3) is 2.06. The minimum Gasteiger partial charge on any atom is -0.383 e. The summed E-state index contributed by atoms with van der Waals surface area (Å²) in [4.78, 5) is 9.24. The molecule has 0 amide bonds. The fraction of sp³-hybridized carbons (Fsp3) is 0.333. The lowest BCUT2D eigenvalue weighted by Crippen LogP contribution is -2.01. The Morgan fingerprint density at radius 1 is 1.23 bits per heavy atom. The van der Waals surface area contributed by atoms with Crippen LogP contribution < -0.4 is 5.73 Å². The topological polar surface area (TPSA) is 56.2 Å². The van der Waals surface area contributed by atoms with Crippen LogP contribution in [0.25, 0.3) is 17.0 Å². The highest BCUT2D eigenvalue weighted by molar-refractivity contribution is 5.74. The first-order valence-corrected chi connectivity index (χ1v) is 7.93. The van der Waals surface area contributed by atoms with Gasteiger partial charge in [-0.05, 0) is 48.9 Å². The highest BCUT2D eigenvalue weighted by Gasteiger charge is 2.23. The maximum absolute atomic E-state index is 6.37. The zero-order valence-corrected chi connectivity index (χ0v) is 12.8. The Labute approximate surface area is 130 Å². The second kappa shape index (κ2) is 5.13. The van der Waals surface area contributed by atoms with Crippen LogP contribution in [0.15, 0.2) is 36.7 Å². The van der Waals surface area contributed by atoms with Crippen LogP contribution in [0.4, 0.5) is 5.82 Å². The molecule has 1 aliphatic carbocycles. The Kier molecular flexibility index (Phi) is 3.10. The van der Waals surface area contributed by atoms with Crippen molar-refractivity contribution >= 4 is 11.5 Å². The van der Waals surface area contributed by atoms with E-state index in [-0.39, 0.29) is 0 Å². The van der Waals surface area contributed by atoms with Crippen molar-refractivity contribution in [2.75, 3.05) is 5.73 Å². The van der Waals surface area contributed by atoms with E-state index >= 15 is 0 Å². The van der Waals surface area contributed by atoms with E-state index in [4.69, 9.17) is 10.7 Å². The average molecular weight is 292 g/mol. The smallest absolute Gasteiger partial charge is 0.142 e. The summed E-state index contributed by atoms with van der Waals surface area (Å²) >= 11 is 0. The Balaban J connectivity index is 1.95. The predicted molar refractivity (Wildman–Crippen MR) is 88.8 cm³/mol. The van der Waals surface area contributed by atoms with Gasteiger partial charge >= 0.3 is 0 Å². The van der Waals surface area contributed by atoms with Gasteiger partial charge in [-0.3, -0.25) is 9.38 Å². The number of imidazole rings is 1. The number of hydrogen-bond acceptors (Lipinski definition) is 3. The van der Waals surface area contributed by atoms with Crippen molar-refractivity contribution in [3.63, 3.8) is 0 Å². The number of aromatic nitrogens is 3. The second-order valence-corrected chi connectivity index (χ2v) is 6.21. The Morgan fingerprint density at radius 3 is 2.77 bits per heavy atom. The number of aryl methyl sites for hydroxylation is 1. The van der Waals surface area contributed by atoms with Gasteiger partial charge in [0.1, 0.15) is 17.2 Å². The van der Waals surface area contributed by atoms with E-state index in [1.807, 2.05) is 22.6 Å². The molecule has 4 rings (SSSR count). The quantitative estimate of drug-likeness (QED) is 0.778. The minimum absolute atomic E-state index is 0.612. The number of fused-ring (bicyclic) bond motifs is 1. The molecule has 0 atom stereocenters. The van der Waals surface area contributed by atoms with Crippen molar-refractivity contribution in [2.45, 2.75) is 38.5 Å². The van der Waals surface area contributed by atoms with Crippen molar-refractivity contribution in [1.82, 2.24) is 14.4 Å². The molecule has 0 bridgehead atoms. The van der Waals surface area contributed by atoms with Gasteiger partial charge in [0.25, 0.3) is 0 Å². The molecular weight excluding hydrogens is 272 g/mol. The summed E-state index contributed by atoms with van der Waals surface area (Å²) in [6.07, 6.45) is 8.99. The number of nitrogens with zero attached hydrogens (tertiary/aromatic N) is 3. The molecule has 0 unspecified atom stereocenters. The lowest BCUT2D eigenvalue weighted by atomic mass is 9.97. The van der Waals surface area contributed by atoms with Gasteiger partial charge in [0.2, 0.25) is 0 Å². The first kappa shape index (κ1) is 13.3. The number of pyridine rings is 2. The molecule has 3 heterocycles. The molecule has 2 N–H and O–H groups in total. The molecule has 0 spiro atoms. The number of nitrogen functional groups attached to an aromatic ring is 1. The van der Waals surface area contributed by atoms with Crippen LogP contribution in [0, 0.1) is 6.92 Å². The predicted octanol–water partition coefficient (Wildman–Crippen LogP) is 3.94. The van der Waals surface area contributed by atoms with E-state index in [0.29, 0.717) is 11.7 Å². The summed E-state index contributed by atoms with van der Waals surface area (Å²) < 4.78 is 2.03. The third-order valence-corrected chi connectivity index (χ3v) is 4.62. The molecule has 1 fully saturated rings. The highest BCUT2D eigenvalue weighted by Crippen LogP contribution is 2.38. The molecule has 4 heteroatoms. The SMILES string of the molecule is Cc1cc(C2CCCC2)c2nc(-c3ccccn3)c(N)n2c1. The van der Waals surface area contributed by atoms with Crippen LogP contribution in [0.3, 0.4) is 0 Å². The lowest BCUT2D eigenvalue weighted by molar-refractivity contribution is 0.722. The first-order valence-electron chi connectivity index (χ1n) is 7.93. The standard InChI is InChI=1S/C18H20N4/c1-12-10-14(13-6-2-3-7-13)18-21-16(17(19)22(18)11-12)15-8-4-5-9-20-15/h4-5,8-11,13H,2-3,6-7,19H2,1H3. The van der Waals surface area contributed by atoms with E-state index in [0.717, 1.165) is 17.0 Å². The van der Waals surface area contributed by atoms with Crippen LogP contribution in [-0.4, -0.2) is 14.4 Å². The molecule has 3 aromatic rings. The maximum atomic E-state index is 6.37. The molecule has 3 aromatic heterocycles. The summed E-state index contributed by atoms with van der Waals surface area (Å²) in [5.74, 6) is 1.29. The maximum Gasteiger partial charge on any atom is 0.142 e. The molecule has 0 aromatic carbocycles. The second-order valence-electron chi connectivity index (χ2n) is 6.21. The van der Waals surface area contributed by atoms with Crippen molar-refractivity contribution in [3.8, 4) is 11.4 Å². The normalized spacial score (nSPS) is 15.7. The molecule has 0 aliphatic heterocycles. The van der Waals surface area contributed by atoms with Crippen LogP contribution in [0.1, 0.15) is 42.7 Å². The zero-order chi connectivity index (χ0) is 15.1. The fourth-order valence-corrected chi connectivity index (χ4v) is 3.56. The summed E-state index contributed by atoms with van der Waals surface area (Å²) in [6.45, 7) is 2.12. The molecule has 112 valence electrons. The van der Waals surface area contributed by atoms with Gasteiger partial charge in [0.05, 0.1) is 5.69 Å². The van der Waals surface area contributed by atoms with E-state index in [1.54, 1.807) is 6.20 Å². The van der Waals surface area contributed by atoms with Crippen molar-refractivity contribution in [2.24, 2.45) is 0 Å². The molecular formula is C18H20N4. The Hall–Kier alpha value is -2.36. The number of anilines is 1. The molecule has 22 heavy (non-hydrogen) atoms. The summed E-state index contributed by atoms with van der Waals surface area (Å²) in [5, 5.41) is 0. The van der Waals surface area contributed by atoms with Crippen LogP contribution in [0.2, 0.25) is 0 Å². The lowest BCUT2D eigenvalue weighted by Gasteiger charge is -2.12. The molecule has 0 radical (unpaired) electrons. The van der Waals surface area contributed by atoms with Gasteiger partial charge in [-0.25, -0.2) is 4.98 Å². The monoisotopic (exact) mass is 292 g/mol. The third-order valence-electron chi connectivity index (χ3n) is 4.62. The van der Waals surface area contributed by atoms with Gasteiger partial charge in [-0.2, -0.15) is 0 Å². The number of hydrogen-bond donors (Lipinski definition) is 1. The fourth-order valence-electron chi connectivity index (χ4n) is 3.56. The van der Waals surface area contributed by atoms with Crippen LogP contribution in [0.5, 0.6) is 0 Å². The summed E-state index contributed by atoms with van der Waals surface area (Å²) in [5.41, 5.74) is 11.5. The van der Waals surface area contributed by atoms with Gasteiger partial charge in [0.15, 0.2) is 0 Å². The molecule has 1 saturated carbocycles. The van der Waals surface area contributed by atoms with Gasteiger partial charge < -0.3 is 5.73 Å². The Morgan fingerprint density at radius 2 is 2.05 bits per heavy atom. The summed E-state index contributed by atoms with van der Waals surface area (Å²) in [6, 6.07) is 8.11. The van der Waals surface area contributed by atoms with Crippen LogP contribution >= 0.6 is 0 Å². The van der Waals surface area contributed by atoms with Gasteiger partial charge in [0, 0.05) is 12.4 Å². The summed E-state index contributed by atoms with van der Waals surface area (Å²) in [7, 11) is 0. The Bertz CT molecular complexity index is 814. The zero-order valence-electron chi connectivity index (χ0n) is 12.8. The van der Waals surface area contributed by atoms with Gasteiger partial charge in [-0.1, -0.05) is 25.0 Å². The van der Waals surface area contributed by atoms with E-state index < -0.39 is 0 Å². The average Bonchev–Trinajstić information content (AvgIpc) is 3.17. The largest absolute Gasteiger partial charge is 0.383 e. The van der Waals surface area contributed by atoms with E-state index in [1.165, 1.54) is 36.8 Å².